The second-order valence-electron chi connectivity index (χ2n) is 2.61. The Kier molecular flexibility index (Phi) is 7.76. The quantitative estimate of drug-likeness (QED) is 0.455. The number of carbonyl (C=O) groups is 2. The molecule has 0 amide bonds. The molecule has 0 saturated heterocycles. The van der Waals surface area contributed by atoms with Gasteiger partial charge in [-0.1, -0.05) is 0 Å². The molecule has 0 aromatic rings. The molecule has 0 fully saturated rings. The van der Waals surface area contributed by atoms with E-state index in [-0.39, 0.29) is 18.1 Å². The van der Waals surface area contributed by atoms with E-state index in [0.29, 0.717) is 5.25 Å². The van der Waals surface area contributed by atoms with E-state index in [1.54, 1.807) is 0 Å². The molecule has 0 radical (unpaired) electrons. The van der Waals surface area contributed by atoms with Gasteiger partial charge in [0, 0.05) is 0 Å². The Hall–Kier alpha value is -0.374. The Balaban J connectivity index is 3.36. The van der Waals surface area contributed by atoms with Gasteiger partial charge in [0.15, 0.2) is 0 Å². The first-order valence-corrected chi connectivity index (χ1v) is 10.6. The Morgan fingerprint density at radius 2 is 1.79 bits per heavy atom. The van der Waals surface area contributed by atoms with E-state index in [4.69, 9.17) is 13.0 Å². The summed E-state index contributed by atoms with van der Waals surface area (Å²) >= 11 is -4.26. The van der Waals surface area contributed by atoms with Crippen LogP contribution in [0.15, 0.2) is 0 Å². The van der Waals surface area contributed by atoms with Crippen LogP contribution >= 0.6 is 0 Å². The molecule has 6 nitrogen and oxygen atoms in total. The van der Waals surface area contributed by atoms with Gasteiger partial charge in [-0.25, -0.2) is 0 Å². The van der Waals surface area contributed by atoms with Crippen LogP contribution < -0.4 is 0 Å². The maximum atomic E-state index is 11.1. The van der Waals surface area contributed by atoms with E-state index < -0.39 is 42.3 Å². The molecule has 0 unspecified atom stereocenters. The third-order valence-corrected chi connectivity index (χ3v) is 10.9. The van der Waals surface area contributed by atoms with Crippen LogP contribution in [0.2, 0.25) is 10.5 Å². The van der Waals surface area contributed by atoms with Gasteiger partial charge >= 0.3 is 92.0 Å². The predicted molar refractivity (Wildman–Crippen MR) is 50.2 cm³/mol. The van der Waals surface area contributed by atoms with Gasteiger partial charge in [-0.15, -0.1) is 0 Å². The average Bonchev–Trinajstić information content (AvgIpc) is 2.08. The Morgan fingerprint density at radius 1 is 1.21 bits per heavy atom. The SMILES string of the molecule is O=C(O)C[CH2][GeH2][O][Ge](=[O])[CH2]CC(=O)O. The fourth-order valence-electron chi connectivity index (χ4n) is 0.691. The first kappa shape index (κ1) is 13.6. The van der Waals surface area contributed by atoms with Crippen molar-refractivity contribution in [3.63, 3.8) is 0 Å². The third-order valence-electron chi connectivity index (χ3n) is 1.34. The van der Waals surface area contributed by atoms with Crippen molar-refractivity contribution in [2.24, 2.45) is 0 Å². The second-order valence-corrected chi connectivity index (χ2v) is 11.3. The zero-order valence-corrected chi connectivity index (χ0v) is 12.6. The molecule has 14 heavy (non-hydrogen) atoms. The summed E-state index contributed by atoms with van der Waals surface area (Å²) < 4.78 is 16.1. The number of hydrogen-bond acceptors (Lipinski definition) is 4. The number of carboxylic acids is 2. The van der Waals surface area contributed by atoms with E-state index in [1.165, 1.54) is 0 Å². The van der Waals surface area contributed by atoms with Crippen molar-refractivity contribution in [1.29, 1.82) is 0 Å². The zero-order valence-electron chi connectivity index (χ0n) is 7.56. The summed E-state index contributed by atoms with van der Waals surface area (Å²) in [5, 5.41) is 17.2. The minimum absolute atomic E-state index is 0.0601. The molecule has 0 aliphatic heterocycles. The monoisotopic (exact) mass is 328 g/mol. The van der Waals surface area contributed by atoms with Gasteiger partial charge in [0.1, 0.15) is 0 Å². The molecule has 0 aromatic heterocycles. The van der Waals surface area contributed by atoms with Gasteiger partial charge in [-0.2, -0.15) is 0 Å². The fraction of sp³-hybridized carbons (Fsp3) is 0.667. The van der Waals surface area contributed by atoms with Crippen LogP contribution in [-0.4, -0.2) is 52.5 Å². The molecule has 0 aromatic carbocycles. The Morgan fingerprint density at radius 3 is 2.29 bits per heavy atom. The summed E-state index contributed by atoms with van der Waals surface area (Å²) in [6.45, 7) is 0. The van der Waals surface area contributed by atoms with Crippen molar-refractivity contribution in [3.05, 3.63) is 0 Å². The molecule has 0 bridgehead atoms. The van der Waals surface area contributed by atoms with Crippen molar-refractivity contribution >= 4 is 42.3 Å². The fourth-order valence-corrected chi connectivity index (χ4v) is 9.22. The van der Waals surface area contributed by atoms with Crippen LogP contribution in [0.4, 0.5) is 0 Å². The average molecular weight is 325 g/mol. The molecule has 2 N–H and O–H groups in total. The topological polar surface area (TPSA) is 101 Å². The molecular weight excluding hydrogens is 313 g/mol. The van der Waals surface area contributed by atoms with Crippen molar-refractivity contribution in [2.75, 3.05) is 0 Å². The molecule has 0 aliphatic rings. The summed E-state index contributed by atoms with van der Waals surface area (Å²) in [5.74, 6) is -1.86. The summed E-state index contributed by atoms with van der Waals surface area (Å²) in [4.78, 5) is 20.2. The number of rotatable bonds is 8. The van der Waals surface area contributed by atoms with Crippen molar-refractivity contribution < 1.29 is 26.4 Å². The summed E-state index contributed by atoms with van der Waals surface area (Å²) in [7, 11) is 0. The summed E-state index contributed by atoms with van der Waals surface area (Å²) in [6.07, 6.45) is -0.0649. The zero-order chi connectivity index (χ0) is 11.0. The Labute approximate surface area is 92.1 Å². The van der Waals surface area contributed by atoms with Gasteiger partial charge in [0.05, 0.1) is 0 Å². The van der Waals surface area contributed by atoms with Crippen LogP contribution in [0.1, 0.15) is 12.8 Å². The molecule has 0 spiro atoms. The first-order chi connectivity index (χ1) is 6.52. The Bertz CT molecular complexity index is 228. The maximum absolute atomic E-state index is 11.1. The summed E-state index contributed by atoms with van der Waals surface area (Å²) in [5.41, 5.74) is 0. The molecule has 0 rings (SSSR count). The van der Waals surface area contributed by atoms with E-state index in [9.17, 15) is 13.4 Å². The number of carboxylic acid groups (broad SMARTS) is 2. The van der Waals surface area contributed by atoms with Crippen LogP contribution in [-0.2, 0) is 16.2 Å². The van der Waals surface area contributed by atoms with Gasteiger partial charge in [0.2, 0.25) is 0 Å². The van der Waals surface area contributed by atoms with E-state index in [1.807, 2.05) is 0 Å². The molecule has 8 heteroatoms. The van der Waals surface area contributed by atoms with Crippen LogP contribution in [0, 0.1) is 0 Å². The van der Waals surface area contributed by atoms with E-state index in [0.717, 1.165) is 0 Å². The summed E-state index contributed by atoms with van der Waals surface area (Å²) in [6, 6.07) is 0. The predicted octanol–water partition coefficient (Wildman–Crippen LogP) is -0.627. The van der Waals surface area contributed by atoms with E-state index in [2.05, 4.69) is 0 Å². The first-order valence-electron chi connectivity index (χ1n) is 4.11. The van der Waals surface area contributed by atoms with Crippen LogP contribution in [0.25, 0.3) is 0 Å². The number of hydrogen-bond donors (Lipinski definition) is 2. The normalized spacial score (nSPS) is 10.3. The standard InChI is InChI=1S/C6H12Ge2O6/c9-5(10)1-3-7-14-8(13)4-2-6(11)12/h1-4,7H2,(H,9,10)(H,11,12). The van der Waals surface area contributed by atoms with Gasteiger partial charge < -0.3 is 0 Å². The molecule has 80 valence electrons. The van der Waals surface area contributed by atoms with Crippen molar-refractivity contribution in [2.45, 2.75) is 23.3 Å². The van der Waals surface area contributed by atoms with E-state index >= 15 is 0 Å². The molecule has 0 saturated carbocycles. The van der Waals surface area contributed by atoms with Gasteiger partial charge in [-0.05, 0) is 0 Å². The minimum atomic E-state index is -2.82. The second kappa shape index (κ2) is 7.98. The molecule has 0 atom stereocenters. The van der Waals surface area contributed by atoms with Crippen LogP contribution in [0.3, 0.4) is 0 Å². The number of aliphatic carboxylic acids is 2. The molecular formula is C6H12Ge2O6. The third kappa shape index (κ3) is 9.71. The molecule has 0 heterocycles. The van der Waals surface area contributed by atoms with Crippen molar-refractivity contribution in [1.82, 2.24) is 0 Å². The molecule has 0 aliphatic carbocycles. The van der Waals surface area contributed by atoms with Gasteiger partial charge in [0.25, 0.3) is 0 Å². The van der Waals surface area contributed by atoms with Gasteiger partial charge in [-0.3, -0.25) is 0 Å². The van der Waals surface area contributed by atoms with Crippen LogP contribution in [0.5, 0.6) is 0 Å². The van der Waals surface area contributed by atoms with Crippen molar-refractivity contribution in [3.8, 4) is 0 Å².